The maximum absolute atomic E-state index is 12.0. The number of halogens is 1. The molecule has 3 aromatic rings. The smallest absolute Gasteiger partial charge is 0.331 e. The average Bonchev–Trinajstić information content (AvgIpc) is 2.73. The molecule has 0 radical (unpaired) electrons. The molecule has 0 aliphatic heterocycles. The first kappa shape index (κ1) is 20.4. The van der Waals surface area contributed by atoms with E-state index < -0.39 is 11.9 Å². The summed E-state index contributed by atoms with van der Waals surface area (Å²) in [6, 6.07) is 23.8. The SMILES string of the molecule is O=C(COC(=O)C=Cc1cccc(Br)c1)Nc1ccc(Oc2ccccc2)cc1. The van der Waals surface area contributed by atoms with Crippen LogP contribution in [0.5, 0.6) is 11.5 Å². The molecule has 0 aliphatic carbocycles. The molecule has 0 spiro atoms. The fourth-order valence-corrected chi connectivity index (χ4v) is 2.80. The highest BCUT2D eigenvalue weighted by Crippen LogP contribution is 2.22. The number of esters is 1. The molecule has 0 bridgehead atoms. The maximum Gasteiger partial charge on any atom is 0.331 e. The van der Waals surface area contributed by atoms with Crippen molar-refractivity contribution < 1.29 is 19.1 Å². The third kappa shape index (κ3) is 6.93. The van der Waals surface area contributed by atoms with E-state index in [9.17, 15) is 9.59 Å². The second kappa shape index (κ2) is 10.2. The van der Waals surface area contributed by atoms with Crippen LogP contribution in [0.4, 0.5) is 5.69 Å². The number of nitrogens with one attached hydrogen (secondary N) is 1. The highest BCUT2D eigenvalue weighted by molar-refractivity contribution is 9.10. The lowest BCUT2D eigenvalue weighted by atomic mass is 10.2. The Bertz CT molecular complexity index is 1000. The summed E-state index contributed by atoms with van der Waals surface area (Å²) in [6.07, 6.45) is 2.90. The quantitative estimate of drug-likeness (QED) is 0.383. The normalized spacial score (nSPS) is 10.5. The van der Waals surface area contributed by atoms with E-state index in [4.69, 9.17) is 9.47 Å². The van der Waals surface area contributed by atoms with Crippen molar-refractivity contribution >= 4 is 39.6 Å². The minimum Gasteiger partial charge on any atom is -0.457 e. The van der Waals surface area contributed by atoms with Gasteiger partial charge in [-0.3, -0.25) is 4.79 Å². The molecule has 0 atom stereocenters. The van der Waals surface area contributed by atoms with E-state index in [0.717, 1.165) is 15.8 Å². The average molecular weight is 452 g/mol. The zero-order chi connectivity index (χ0) is 20.5. The molecule has 146 valence electrons. The monoisotopic (exact) mass is 451 g/mol. The van der Waals surface area contributed by atoms with Crippen LogP contribution in [0.1, 0.15) is 5.56 Å². The van der Waals surface area contributed by atoms with E-state index in [1.54, 1.807) is 30.3 Å². The van der Waals surface area contributed by atoms with Crippen LogP contribution in [0.15, 0.2) is 89.4 Å². The number of carbonyl (C=O) groups excluding carboxylic acids is 2. The van der Waals surface area contributed by atoms with Gasteiger partial charge in [0.05, 0.1) is 0 Å². The molecule has 29 heavy (non-hydrogen) atoms. The summed E-state index contributed by atoms with van der Waals surface area (Å²) in [5.41, 5.74) is 1.43. The zero-order valence-electron chi connectivity index (χ0n) is 15.4. The Morgan fingerprint density at radius 2 is 1.62 bits per heavy atom. The Morgan fingerprint density at radius 3 is 2.34 bits per heavy atom. The van der Waals surface area contributed by atoms with Crippen LogP contribution in [0.2, 0.25) is 0 Å². The Morgan fingerprint density at radius 1 is 0.897 bits per heavy atom. The summed E-state index contributed by atoms with van der Waals surface area (Å²) in [6.45, 7) is -0.371. The van der Waals surface area contributed by atoms with E-state index >= 15 is 0 Å². The summed E-state index contributed by atoms with van der Waals surface area (Å²) in [7, 11) is 0. The molecule has 3 rings (SSSR count). The standard InChI is InChI=1S/C23H18BrNO4/c24-18-6-4-5-17(15-18)9-14-23(27)28-16-22(26)25-19-10-12-21(13-11-19)29-20-7-2-1-3-8-20/h1-15H,16H2,(H,25,26). The van der Waals surface area contributed by atoms with E-state index in [1.165, 1.54) is 6.08 Å². The molecule has 3 aromatic carbocycles. The Hall–Kier alpha value is -3.38. The first-order valence-corrected chi connectivity index (χ1v) is 9.61. The summed E-state index contributed by atoms with van der Waals surface area (Å²) in [5, 5.41) is 2.67. The number of anilines is 1. The van der Waals surface area contributed by atoms with Crippen LogP contribution < -0.4 is 10.1 Å². The fraction of sp³-hybridized carbons (Fsp3) is 0.0435. The molecule has 1 amide bonds. The molecule has 0 saturated heterocycles. The van der Waals surface area contributed by atoms with Gasteiger partial charge in [0.1, 0.15) is 11.5 Å². The van der Waals surface area contributed by atoms with Crippen molar-refractivity contribution in [2.75, 3.05) is 11.9 Å². The number of hydrogen-bond donors (Lipinski definition) is 1. The van der Waals surface area contributed by atoms with Gasteiger partial charge in [0, 0.05) is 16.2 Å². The van der Waals surface area contributed by atoms with Crippen LogP contribution >= 0.6 is 15.9 Å². The minimum absolute atomic E-state index is 0.371. The van der Waals surface area contributed by atoms with Crippen molar-refractivity contribution in [3.63, 3.8) is 0 Å². The predicted molar refractivity (Wildman–Crippen MR) is 116 cm³/mol. The van der Waals surface area contributed by atoms with Crippen molar-refractivity contribution in [3.05, 3.63) is 95.0 Å². The molecule has 0 saturated carbocycles. The number of para-hydroxylation sites is 1. The zero-order valence-corrected chi connectivity index (χ0v) is 17.0. The Balaban J connectivity index is 1.44. The van der Waals surface area contributed by atoms with E-state index in [2.05, 4.69) is 21.2 Å². The topological polar surface area (TPSA) is 64.6 Å². The van der Waals surface area contributed by atoms with Crippen molar-refractivity contribution in [3.8, 4) is 11.5 Å². The molecule has 6 heteroatoms. The van der Waals surface area contributed by atoms with Gasteiger partial charge in [0.15, 0.2) is 6.61 Å². The molecule has 5 nitrogen and oxygen atoms in total. The van der Waals surface area contributed by atoms with Gasteiger partial charge >= 0.3 is 5.97 Å². The molecular weight excluding hydrogens is 434 g/mol. The van der Waals surface area contributed by atoms with Gasteiger partial charge in [-0.25, -0.2) is 4.79 Å². The highest BCUT2D eigenvalue weighted by Gasteiger charge is 2.06. The molecule has 0 fully saturated rings. The fourth-order valence-electron chi connectivity index (χ4n) is 2.39. The highest BCUT2D eigenvalue weighted by atomic mass is 79.9. The number of carbonyl (C=O) groups is 2. The second-order valence-electron chi connectivity index (χ2n) is 5.98. The van der Waals surface area contributed by atoms with Crippen molar-refractivity contribution in [2.24, 2.45) is 0 Å². The largest absolute Gasteiger partial charge is 0.457 e. The summed E-state index contributed by atoms with van der Waals surface area (Å²) >= 11 is 3.36. The minimum atomic E-state index is -0.591. The van der Waals surface area contributed by atoms with Gasteiger partial charge < -0.3 is 14.8 Å². The van der Waals surface area contributed by atoms with Gasteiger partial charge in [-0.2, -0.15) is 0 Å². The lowest BCUT2D eigenvalue weighted by molar-refractivity contribution is -0.142. The summed E-state index contributed by atoms with van der Waals surface area (Å²) in [5.74, 6) is 0.364. The van der Waals surface area contributed by atoms with Gasteiger partial charge in [-0.1, -0.05) is 46.3 Å². The Labute approximate surface area is 177 Å². The first-order chi connectivity index (χ1) is 14.1. The van der Waals surface area contributed by atoms with Crippen molar-refractivity contribution in [1.82, 2.24) is 0 Å². The number of hydrogen-bond acceptors (Lipinski definition) is 4. The molecule has 0 aliphatic rings. The molecular formula is C23H18BrNO4. The molecule has 1 N–H and O–H groups in total. The van der Waals surface area contributed by atoms with Gasteiger partial charge in [-0.05, 0) is 60.2 Å². The second-order valence-corrected chi connectivity index (χ2v) is 6.90. The lowest BCUT2D eigenvalue weighted by Gasteiger charge is -2.08. The first-order valence-electron chi connectivity index (χ1n) is 8.82. The van der Waals surface area contributed by atoms with Crippen LogP contribution in [0.3, 0.4) is 0 Å². The molecule has 0 heterocycles. The van der Waals surface area contributed by atoms with E-state index in [1.807, 2.05) is 54.6 Å². The van der Waals surface area contributed by atoms with Crippen molar-refractivity contribution in [2.45, 2.75) is 0 Å². The van der Waals surface area contributed by atoms with E-state index in [0.29, 0.717) is 11.4 Å². The maximum atomic E-state index is 12.0. The predicted octanol–water partition coefficient (Wildman–Crippen LogP) is 5.44. The Kier molecular flexibility index (Phi) is 7.19. The van der Waals surface area contributed by atoms with E-state index in [-0.39, 0.29) is 6.61 Å². The van der Waals surface area contributed by atoms with Gasteiger partial charge in [0.2, 0.25) is 0 Å². The van der Waals surface area contributed by atoms with Crippen LogP contribution in [-0.4, -0.2) is 18.5 Å². The number of rotatable bonds is 7. The van der Waals surface area contributed by atoms with Crippen LogP contribution in [-0.2, 0) is 14.3 Å². The van der Waals surface area contributed by atoms with Gasteiger partial charge in [-0.15, -0.1) is 0 Å². The van der Waals surface area contributed by atoms with Gasteiger partial charge in [0.25, 0.3) is 5.91 Å². The number of benzene rings is 3. The summed E-state index contributed by atoms with van der Waals surface area (Å²) in [4.78, 5) is 23.7. The summed E-state index contributed by atoms with van der Waals surface area (Å²) < 4.78 is 11.6. The lowest BCUT2D eigenvalue weighted by Crippen LogP contribution is -2.20. The van der Waals surface area contributed by atoms with Crippen LogP contribution in [0.25, 0.3) is 6.08 Å². The third-order valence-electron chi connectivity index (χ3n) is 3.72. The molecule has 0 aromatic heterocycles. The van der Waals surface area contributed by atoms with Crippen molar-refractivity contribution in [1.29, 1.82) is 0 Å². The number of amides is 1. The number of ether oxygens (including phenoxy) is 2. The van der Waals surface area contributed by atoms with Crippen LogP contribution in [0, 0.1) is 0 Å². The third-order valence-corrected chi connectivity index (χ3v) is 4.22. The molecule has 0 unspecified atom stereocenters.